The zero-order valence-corrected chi connectivity index (χ0v) is 11.3. The average molecular weight is 288 g/mol. The van der Waals surface area contributed by atoms with E-state index in [0.29, 0.717) is 0 Å². The van der Waals surface area contributed by atoms with Crippen LogP contribution in [0.2, 0.25) is 0 Å². The molecule has 0 radical (unpaired) electrons. The molecule has 0 bridgehead atoms. The molecule has 0 aliphatic heterocycles. The zero-order valence-electron chi connectivity index (χ0n) is 11.3. The van der Waals surface area contributed by atoms with Crippen LogP contribution in [-0.4, -0.2) is 18.5 Å². The molecule has 1 rings (SSSR count). The van der Waals surface area contributed by atoms with Crippen molar-refractivity contribution in [2.45, 2.75) is 38.4 Å². The Morgan fingerprint density at radius 3 is 2.65 bits per heavy atom. The van der Waals surface area contributed by atoms with E-state index in [-0.39, 0.29) is 18.2 Å². The Kier molecular flexibility index (Phi) is 6.01. The molecule has 20 heavy (non-hydrogen) atoms. The first-order chi connectivity index (χ1) is 9.38. The second-order valence-electron chi connectivity index (χ2n) is 4.63. The monoisotopic (exact) mass is 288 g/mol. The number of hydrogen-bond acceptors (Lipinski definition) is 2. The van der Waals surface area contributed by atoms with Crippen LogP contribution in [0.5, 0.6) is 0 Å². The number of carbonyl (C=O) groups excluding carboxylic acids is 1. The predicted molar refractivity (Wildman–Crippen MR) is 71.3 cm³/mol. The van der Waals surface area contributed by atoms with Crippen LogP contribution in [0.15, 0.2) is 24.3 Å². The first kappa shape index (κ1) is 16.5. The molecule has 3 nitrogen and oxygen atoms in total. The Labute approximate surface area is 116 Å². The van der Waals surface area contributed by atoms with Gasteiger partial charge in [0.15, 0.2) is 0 Å². The molecule has 0 saturated heterocycles. The van der Waals surface area contributed by atoms with E-state index in [9.17, 15) is 18.0 Å². The van der Waals surface area contributed by atoms with E-state index in [4.69, 9.17) is 5.73 Å². The number of nitrogens with one attached hydrogen (secondary N) is 1. The quantitative estimate of drug-likeness (QED) is 0.845. The maximum Gasteiger partial charge on any atom is 0.416 e. The van der Waals surface area contributed by atoms with Gasteiger partial charge in [-0.05, 0) is 24.6 Å². The molecule has 1 aromatic rings. The van der Waals surface area contributed by atoms with Gasteiger partial charge >= 0.3 is 6.18 Å². The van der Waals surface area contributed by atoms with Gasteiger partial charge in [0.25, 0.3) is 5.91 Å². The molecule has 0 aliphatic rings. The number of rotatable bonds is 6. The molecule has 1 aromatic carbocycles. The Balaban J connectivity index is 2.76. The van der Waals surface area contributed by atoms with E-state index in [1.54, 1.807) is 0 Å². The second-order valence-corrected chi connectivity index (χ2v) is 4.63. The molecule has 0 fully saturated rings. The average Bonchev–Trinajstić information content (AvgIpc) is 2.42. The number of benzene rings is 1. The van der Waals surface area contributed by atoms with Crippen molar-refractivity contribution in [3.8, 4) is 0 Å². The summed E-state index contributed by atoms with van der Waals surface area (Å²) in [5, 5.41) is 2.67. The highest BCUT2D eigenvalue weighted by Gasteiger charge is 2.30. The molecule has 1 amide bonds. The summed E-state index contributed by atoms with van der Waals surface area (Å²) in [5.41, 5.74) is 4.71. The van der Waals surface area contributed by atoms with E-state index in [2.05, 4.69) is 5.32 Å². The van der Waals surface area contributed by atoms with E-state index in [1.807, 2.05) is 6.92 Å². The number of halogens is 3. The van der Waals surface area contributed by atoms with Gasteiger partial charge in [-0.2, -0.15) is 13.2 Å². The zero-order chi connectivity index (χ0) is 15.2. The fourth-order valence-electron chi connectivity index (χ4n) is 1.80. The van der Waals surface area contributed by atoms with E-state index in [1.165, 1.54) is 12.1 Å². The van der Waals surface area contributed by atoms with Crippen molar-refractivity contribution in [3.05, 3.63) is 35.4 Å². The van der Waals surface area contributed by atoms with Gasteiger partial charge in [0, 0.05) is 18.2 Å². The van der Waals surface area contributed by atoms with Crippen LogP contribution in [0.1, 0.15) is 42.1 Å². The number of nitrogens with two attached hydrogens (primary N) is 1. The van der Waals surface area contributed by atoms with Crippen molar-refractivity contribution in [2.24, 2.45) is 5.73 Å². The maximum atomic E-state index is 12.6. The maximum absolute atomic E-state index is 12.6. The van der Waals surface area contributed by atoms with Gasteiger partial charge in [0.2, 0.25) is 0 Å². The highest BCUT2D eigenvalue weighted by Crippen LogP contribution is 2.29. The van der Waals surface area contributed by atoms with E-state index >= 15 is 0 Å². The van der Waals surface area contributed by atoms with Crippen molar-refractivity contribution in [1.29, 1.82) is 0 Å². The topological polar surface area (TPSA) is 55.1 Å². The van der Waals surface area contributed by atoms with Crippen molar-refractivity contribution in [2.75, 3.05) is 6.54 Å². The lowest BCUT2D eigenvalue weighted by molar-refractivity contribution is -0.137. The van der Waals surface area contributed by atoms with E-state index in [0.717, 1.165) is 31.4 Å². The molecule has 1 atom stereocenters. The standard InChI is InChI=1S/C14H19F3N2O/c1-2-3-7-12(9-18)19-13(20)10-5-4-6-11(8-10)14(15,16)17/h4-6,8,12H,2-3,7,9,18H2,1H3,(H,19,20). The summed E-state index contributed by atoms with van der Waals surface area (Å²) in [6.45, 7) is 2.28. The first-order valence-electron chi connectivity index (χ1n) is 6.56. The van der Waals surface area contributed by atoms with Gasteiger partial charge in [-0.1, -0.05) is 25.8 Å². The molecular weight excluding hydrogens is 269 g/mol. The molecule has 1 unspecified atom stereocenters. The predicted octanol–water partition coefficient (Wildman–Crippen LogP) is 2.95. The molecule has 3 N–H and O–H groups in total. The number of unbranched alkanes of at least 4 members (excludes halogenated alkanes) is 1. The molecular formula is C14H19F3N2O. The summed E-state index contributed by atoms with van der Waals surface area (Å²) in [4.78, 5) is 11.9. The summed E-state index contributed by atoms with van der Waals surface area (Å²) in [6, 6.07) is 4.16. The number of carbonyl (C=O) groups is 1. The van der Waals surface area contributed by atoms with Crippen LogP contribution < -0.4 is 11.1 Å². The van der Waals surface area contributed by atoms with Crippen molar-refractivity contribution >= 4 is 5.91 Å². The lowest BCUT2D eigenvalue weighted by atomic mass is 10.1. The highest BCUT2D eigenvalue weighted by atomic mass is 19.4. The molecule has 112 valence electrons. The molecule has 0 aromatic heterocycles. The summed E-state index contributed by atoms with van der Waals surface area (Å²) >= 11 is 0. The van der Waals surface area contributed by atoms with Gasteiger partial charge in [-0.25, -0.2) is 0 Å². The Morgan fingerprint density at radius 2 is 2.10 bits per heavy atom. The molecule has 6 heteroatoms. The number of alkyl halides is 3. The molecule has 0 aliphatic carbocycles. The summed E-state index contributed by atoms with van der Waals surface area (Å²) in [7, 11) is 0. The van der Waals surface area contributed by atoms with Gasteiger partial charge in [0.05, 0.1) is 5.56 Å². The lowest BCUT2D eigenvalue weighted by Crippen LogP contribution is -2.40. The minimum Gasteiger partial charge on any atom is -0.348 e. The third-order valence-corrected chi connectivity index (χ3v) is 2.98. The third kappa shape index (κ3) is 4.85. The summed E-state index contributed by atoms with van der Waals surface area (Å²) in [6.07, 6.45) is -1.86. The van der Waals surface area contributed by atoms with Crippen LogP contribution in [0.25, 0.3) is 0 Å². The smallest absolute Gasteiger partial charge is 0.348 e. The van der Waals surface area contributed by atoms with Crippen molar-refractivity contribution in [3.63, 3.8) is 0 Å². The van der Waals surface area contributed by atoms with Gasteiger partial charge in [-0.15, -0.1) is 0 Å². The Bertz CT molecular complexity index is 446. The van der Waals surface area contributed by atoms with Crippen molar-refractivity contribution < 1.29 is 18.0 Å². The van der Waals surface area contributed by atoms with Gasteiger partial charge in [0.1, 0.15) is 0 Å². The minimum absolute atomic E-state index is 0.00484. The summed E-state index contributed by atoms with van der Waals surface area (Å²) < 4.78 is 37.7. The van der Waals surface area contributed by atoms with Gasteiger partial charge < -0.3 is 11.1 Å². The van der Waals surface area contributed by atoms with Crippen LogP contribution in [0, 0.1) is 0 Å². The minimum atomic E-state index is -4.45. The molecule has 0 spiro atoms. The van der Waals surface area contributed by atoms with Crippen molar-refractivity contribution in [1.82, 2.24) is 5.32 Å². The van der Waals surface area contributed by atoms with Crippen LogP contribution >= 0.6 is 0 Å². The number of hydrogen-bond donors (Lipinski definition) is 2. The van der Waals surface area contributed by atoms with Gasteiger partial charge in [-0.3, -0.25) is 4.79 Å². The Morgan fingerprint density at radius 1 is 1.40 bits per heavy atom. The second kappa shape index (κ2) is 7.28. The highest BCUT2D eigenvalue weighted by molar-refractivity contribution is 5.94. The van der Waals surface area contributed by atoms with Crippen LogP contribution in [-0.2, 0) is 6.18 Å². The fourth-order valence-corrected chi connectivity index (χ4v) is 1.80. The molecule has 0 heterocycles. The normalized spacial score (nSPS) is 13.1. The fraction of sp³-hybridized carbons (Fsp3) is 0.500. The molecule has 0 saturated carbocycles. The van der Waals surface area contributed by atoms with Crippen LogP contribution in [0.4, 0.5) is 13.2 Å². The number of amides is 1. The lowest BCUT2D eigenvalue weighted by Gasteiger charge is -2.17. The largest absolute Gasteiger partial charge is 0.416 e. The first-order valence-corrected chi connectivity index (χ1v) is 6.56. The SMILES string of the molecule is CCCCC(CN)NC(=O)c1cccc(C(F)(F)F)c1. The third-order valence-electron chi connectivity index (χ3n) is 2.98. The Hall–Kier alpha value is -1.56. The van der Waals surface area contributed by atoms with E-state index < -0.39 is 17.6 Å². The van der Waals surface area contributed by atoms with Crippen LogP contribution in [0.3, 0.4) is 0 Å². The summed E-state index contributed by atoms with van der Waals surface area (Å²) in [5.74, 6) is -0.525.